The fourth-order valence-electron chi connectivity index (χ4n) is 7.41. The summed E-state index contributed by atoms with van der Waals surface area (Å²) in [5, 5.41) is 30.7. The molecule has 0 spiro atoms. The van der Waals surface area contributed by atoms with Gasteiger partial charge in [0.2, 0.25) is 0 Å². The van der Waals surface area contributed by atoms with Crippen LogP contribution in [0.25, 0.3) is 0 Å². The minimum atomic E-state index is -1.44. The number of aryl methyl sites for hydroxylation is 6. The van der Waals surface area contributed by atoms with Crippen molar-refractivity contribution in [1.82, 2.24) is 29.9 Å². The summed E-state index contributed by atoms with van der Waals surface area (Å²) >= 11 is 54.0. The number of methoxy groups -OCH3 is 3. The number of hydrogen-bond acceptors (Lipinski definition) is 24. The summed E-state index contributed by atoms with van der Waals surface area (Å²) in [6.07, 6.45) is -1.12. The third-order valence-corrected chi connectivity index (χ3v) is 18.8. The number of H-pyrrole nitrogens is 2. The number of allylic oxidation sites excluding steroid dienone is 1. The molecule has 0 aliphatic rings. The lowest BCUT2D eigenvalue weighted by molar-refractivity contribution is -0.164. The third-order valence-electron chi connectivity index (χ3n) is 13.2. The van der Waals surface area contributed by atoms with Crippen LogP contribution in [0.5, 0.6) is 11.5 Å². The number of aromatic hydroxyl groups is 2. The van der Waals surface area contributed by atoms with Crippen molar-refractivity contribution in [3.8, 4) is 11.5 Å². The second kappa shape index (κ2) is 47.9. The minimum absolute atomic E-state index is 0.0197. The number of Topliss-reactive ketones (excluding diaryl/α,β-unsaturated/α-hetero) is 1. The lowest BCUT2D eigenvalue weighted by Gasteiger charge is -2.27. The molecule has 6 aromatic heterocycles. The molecule has 26 nitrogen and oxygen atoms in total. The number of pyridine rings is 6. The molecule has 0 amide bonds. The van der Waals surface area contributed by atoms with Crippen LogP contribution < -0.4 is 16.9 Å². The first kappa shape index (κ1) is 100. The molecule has 582 valence electrons. The standard InChI is InChI=1S/C14H19Cl2NO3.C10H11Cl2NO3.C10H9Cl2NO3.C8H14O4.C7H6BrCl2N.C7H8BrNO2.C7H9NO2.C6H11NO2/c1-7-10(15)9(8(2)17-12(7)16)11(13(18)19-6)20-14(3,4)5;2*1-4-7(11)6(5(2)13-9(4)12)8(14)10(15)16-3;1-4-11-7(9)6(3)8(10)12-5-2;1-3-6(9)5(8)4(2)11-7(3)10;1-3-6(10)5(8)4(2)9-7(3)11;1-4-3-6(9)5(2)7(10)8-4;1-3-9-6(8)4-5(2)7/h11H,1-6H3;8,14H,1-3H3;1-3H3;6H,4-5H2,1-3H3;1-2H3;1-2H3,(H2,9,10,11);3H,1-2H3,(H2,8,9,10);4H,3,7H2,1-2H3/b;;;;;;;5-4+/t11-;8-;;;;;;/m00....../s1. The minimum Gasteiger partial charge on any atom is -0.507 e. The van der Waals surface area contributed by atoms with E-state index in [1.165, 1.54) is 33.3 Å². The van der Waals surface area contributed by atoms with Gasteiger partial charge in [-0.25, -0.2) is 39.1 Å². The van der Waals surface area contributed by atoms with Gasteiger partial charge in [0.1, 0.15) is 32.1 Å². The second-order valence-corrected chi connectivity index (χ2v) is 27.2. The van der Waals surface area contributed by atoms with Crippen molar-refractivity contribution >= 4 is 166 Å². The van der Waals surface area contributed by atoms with E-state index >= 15 is 0 Å². The predicted octanol–water partition coefficient (Wildman–Crippen LogP) is 15.7. The van der Waals surface area contributed by atoms with Crippen LogP contribution in [0.2, 0.25) is 40.7 Å². The second-order valence-electron chi connectivity index (χ2n) is 22.6. The Balaban J connectivity index is 0. The topological polar surface area (TPSA) is 388 Å². The lowest BCUT2D eigenvalue weighted by atomic mass is 10.0. The highest BCUT2D eigenvalue weighted by molar-refractivity contribution is 9.11. The van der Waals surface area contributed by atoms with E-state index in [1.54, 1.807) is 96.9 Å². The van der Waals surface area contributed by atoms with E-state index in [4.69, 9.17) is 113 Å². The molecule has 105 heavy (non-hydrogen) atoms. The average molecular weight is 1760 g/mol. The Morgan fingerprint density at radius 2 is 0.952 bits per heavy atom. The summed E-state index contributed by atoms with van der Waals surface area (Å²) in [6.45, 7) is 34.9. The average Bonchev–Trinajstić information content (AvgIpc) is 0.807. The van der Waals surface area contributed by atoms with E-state index in [1.807, 2.05) is 34.6 Å². The van der Waals surface area contributed by atoms with Crippen molar-refractivity contribution in [3.63, 3.8) is 0 Å². The molecule has 0 bridgehead atoms. The van der Waals surface area contributed by atoms with E-state index in [0.29, 0.717) is 99.0 Å². The molecule has 0 radical (unpaired) electrons. The maximum Gasteiger partial charge on any atom is 0.379 e. The van der Waals surface area contributed by atoms with Crippen LogP contribution in [0.1, 0.15) is 157 Å². The van der Waals surface area contributed by atoms with Crippen molar-refractivity contribution in [1.29, 1.82) is 0 Å². The number of nitrogens with two attached hydrogens (primary N) is 1. The Bertz CT molecular complexity index is 4180. The quantitative estimate of drug-likeness (QED) is 0.0119. The number of hydrogen-bond donors (Lipinski definition) is 6. The summed E-state index contributed by atoms with van der Waals surface area (Å²) in [6, 6.07) is 1.52. The zero-order valence-corrected chi connectivity index (χ0v) is 71.2. The van der Waals surface area contributed by atoms with Crippen LogP contribution in [0.3, 0.4) is 0 Å². The Morgan fingerprint density at radius 3 is 1.36 bits per heavy atom. The molecule has 0 unspecified atom stereocenters. The van der Waals surface area contributed by atoms with Gasteiger partial charge in [0.25, 0.3) is 16.9 Å². The Morgan fingerprint density at radius 1 is 0.552 bits per heavy atom. The summed E-state index contributed by atoms with van der Waals surface area (Å²) in [7, 11) is 3.62. The number of rotatable bonds is 13. The number of aromatic nitrogens is 6. The molecule has 7 N–H and O–H groups in total. The van der Waals surface area contributed by atoms with Crippen molar-refractivity contribution in [2.45, 2.75) is 156 Å². The van der Waals surface area contributed by atoms with E-state index < -0.39 is 59.4 Å². The van der Waals surface area contributed by atoms with Crippen LogP contribution in [0.15, 0.2) is 36.4 Å². The normalized spacial score (nSPS) is 11.1. The lowest BCUT2D eigenvalue weighted by Crippen LogP contribution is -2.29. The number of aromatic amines is 2. The number of ketones is 1. The van der Waals surface area contributed by atoms with Crippen LogP contribution in [0, 0.1) is 89.0 Å². The number of nitrogens with one attached hydrogen (secondary N) is 2. The molecule has 2 atom stereocenters. The van der Waals surface area contributed by atoms with Gasteiger partial charge in [-0.1, -0.05) is 92.8 Å². The van der Waals surface area contributed by atoms with Crippen molar-refractivity contribution in [3.05, 3.63) is 172 Å². The largest absolute Gasteiger partial charge is 0.507 e. The van der Waals surface area contributed by atoms with Gasteiger partial charge in [0.15, 0.2) is 18.1 Å². The van der Waals surface area contributed by atoms with E-state index in [0.717, 1.165) is 22.8 Å². The SMILES string of the molecule is CCOC(=O)/C=C(\C)N.CCOC(=O)C(C)C(=O)OCC.COC(=O)C(=O)c1c(C)nc(Cl)c(C)c1Cl.COC(=O)[C@@H](O)c1c(C)nc(Cl)c(C)c1Cl.COC(=O)[C@@H](OC(C)(C)C)c1c(C)nc(Cl)c(C)c1Cl.Cc1[nH]c(=O)c(C)c(O)c1Br.Cc1cc(O)c(C)c(=O)[nH]1.Cc1nc(Cl)c(C)c(Cl)c1Br. The van der Waals surface area contributed by atoms with Gasteiger partial charge in [0, 0.05) is 67.9 Å². The molecular weight excluding hydrogens is 1670 g/mol. The molecule has 0 aromatic carbocycles. The first-order valence-electron chi connectivity index (χ1n) is 30.9. The molecule has 6 heterocycles. The number of carbonyl (C=O) groups is 7. The number of carbonyl (C=O) groups excluding carboxylic acids is 7. The molecule has 0 aliphatic heterocycles. The van der Waals surface area contributed by atoms with E-state index in [-0.39, 0.29) is 73.3 Å². The molecule has 0 saturated carbocycles. The smallest absolute Gasteiger partial charge is 0.379 e. The van der Waals surface area contributed by atoms with Gasteiger partial charge < -0.3 is 64.2 Å². The molecule has 6 rings (SSSR count). The monoisotopic (exact) mass is 1760 g/mol. The predicted molar refractivity (Wildman–Crippen MR) is 413 cm³/mol. The fraction of sp³-hybridized carbons (Fsp3) is 0.435. The van der Waals surface area contributed by atoms with Crippen LogP contribution in [0.4, 0.5) is 0 Å². The number of aliphatic hydroxyl groups excluding tert-OH is 1. The van der Waals surface area contributed by atoms with Gasteiger partial charge in [-0.15, -0.1) is 0 Å². The highest BCUT2D eigenvalue weighted by Gasteiger charge is 2.33. The first-order valence-corrected chi connectivity index (χ1v) is 35.5. The number of halogens is 10. The summed E-state index contributed by atoms with van der Waals surface area (Å²) in [5.74, 6) is -5.28. The van der Waals surface area contributed by atoms with Gasteiger partial charge in [-0.05, 0) is 176 Å². The number of esters is 6. The highest BCUT2D eigenvalue weighted by atomic mass is 79.9. The van der Waals surface area contributed by atoms with Gasteiger partial charge in [-0.3, -0.25) is 24.0 Å². The first-order chi connectivity index (χ1) is 48.3. The highest BCUT2D eigenvalue weighted by Crippen LogP contribution is 2.38. The van der Waals surface area contributed by atoms with Gasteiger partial charge >= 0.3 is 35.8 Å². The maximum atomic E-state index is 12.0. The van der Waals surface area contributed by atoms with E-state index in [9.17, 15) is 53.4 Å². The molecular formula is C69H87Br2Cl8N7O19. The van der Waals surface area contributed by atoms with Crippen molar-refractivity contribution < 1.29 is 82.0 Å². The summed E-state index contributed by atoms with van der Waals surface area (Å²) in [5.41, 5.74) is 11.9. The van der Waals surface area contributed by atoms with Crippen LogP contribution in [-0.2, 0) is 61.9 Å². The van der Waals surface area contributed by atoms with Crippen LogP contribution >= 0.6 is 125 Å². The third kappa shape index (κ3) is 32.4. The molecule has 0 fully saturated rings. The van der Waals surface area contributed by atoms with Gasteiger partial charge in [0.05, 0.1) is 104 Å². The summed E-state index contributed by atoms with van der Waals surface area (Å²) < 4.78 is 34.6. The number of aliphatic hydroxyl groups is 1. The Hall–Kier alpha value is -6.67. The zero-order valence-electron chi connectivity index (χ0n) is 62.0. The molecule has 0 saturated heterocycles. The summed E-state index contributed by atoms with van der Waals surface area (Å²) in [4.78, 5) is 121. The number of nitrogens with zero attached hydrogens (tertiary/aromatic N) is 4. The van der Waals surface area contributed by atoms with Crippen molar-refractivity contribution in [2.75, 3.05) is 41.2 Å². The van der Waals surface area contributed by atoms with Crippen molar-refractivity contribution in [2.24, 2.45) is 11.7 Å². The zero-order chi connectivity index (χ0) is 82.3. The molecule has 0 aliphatic carbocycles. The molecule has 6 aromatic rings. The Labute approximate surface area is 666 Å². The van der Waals surface area contributed by atoms with Gasteiger partial charge in [-0.2, -0.15) is 0 Å². The fourth-order valence-corrected chi connectivity index (χ4v) is 10.5. The van der Waals surface area contributed by atoms with E-state index in [2.05, 4.69) is 85.4 Å². The number of ether oxygens (including phenoxy) is 7. The van der Waals surface area contributed by atoms with Crippen LogP contribution in [-0.4, -0.2) is 134 Å². The Kier molecular flexibility index (Phi) is 45.8. The maximum absolute atomic E-state index is 12.0. The molecule has 36 heteroatoms.